The zero-order valence-electron chi connectivity index (χ0n) is 23.1. The molecule has 202 valence electrons. The molecular weight excluding hydrogens is 440 g/mol. The van der Waals surface area contributed by atoms with E-state index in [0.717, 1.165) is 42.9 Å². The summed E-state index contributed by atoms with van der Waals surface area (Å²) >= 11 is 0. The second-order valence-corrected chi connectivity index (χ2v) is 12.6. The van der Waals surface area contributed by atoms with Gasteiger partial charge in [0.2, 0.25) is 0 Å². The third-order valence-corrected chi connectivity index (χ3v) is 11.0. The van der Waals surface area contributed by atoms with Gasteiger partial charge in [-0.1, -0.05) is 51.7 Å². The molecule has 0 radical (unpaired) electrons. The van der Waals surface area contributed by atoms with Crippen LogP contribution in [0.1, 0.15) is 91.4 Å². The van der Waals surface area contributed by atoms with Crippen LogP contribution in [0.15, 0.2) is 11.6 Å². The van der Waals surface area contributed by atoms with E-state index in [2.05, 4.69) is 26.8 Å². The number of aliphatic hydroxyl groups excluding tert-OH is 1. The zero-order chi connectivity index (χ0) is 25.1. The highest BCUT2D eigenvalue weighted by atomic mass is 16.7. The summed E-state index contributed by atoms with van der Waals surface area (Å²) in [5.74, 6) is 3.91. The lowest BCUT2D eigenvalue weighted by Crippen LogP contribution is -2.56. The van der Waals surface area contributed by atoms with Gasteiger partial charge in [0.05, 0.1) is 12.2 Å². The summed E-state index contributed by atoms with van der Waals surface area (Å²) < 4.78 is 23.1. The van der Waals surface area contributed by atoms with Gasteiger partial charge in [-0.3, -0.25) is 0 Å². The Morgan fingerprint density at radius 1 is 1.00 bits per heavy atom. The molecule has 0 amide bonds. The maximum Gasteiger partial charge on any atom is 0.146 e. The first-order chi connectivity index (χ1) is 16.9. The average Bonchev–Trinajstić information content (AvgIpc) is 3.21. The van der Waals surface area contributed by atoms with E-state index >= 15 is 0 Å². The van der Waals surface area contributed by atoms with Crippen LogP contribution in [0.3, 0.4) is 0 Å². The molecule has 5 heteroatoms. The number of fused-ring (bicyclic) bond motifs is 5. The number of ether oxygens (including phenoxy) is 4. The highest BCUT2D eigenvalue weighted by Crippen LogP contribution is 2.67. The average molecular weight is 493 g/mol. The van der Waals surface area contributed by atoms with Crippen LogP contribution in [0.25, 0.3) is 0 Å². The molecular formula is C30H52O5. The van der Waals surface area contributed by atoms with Crippen LogP contribution in [-0.2, 0) is 18.9 Å². The van der Waals surface area contributed by atoms with Crippen LogP contribution in [0.2, 0.25) is 0 Å². The Hall–Kier alpha value is -0.460. The number of rotatable bonds is 12. The Morgan fingerprint density at radius 2 is 1.77 bits per heavy atom. The summed E-state index contributed by atoms with van der Waals surface area (Å²) in [4.78, 5) is 0. The molecule has 3 saturated carbocycles. The van der Waals surface area contributed by atoms with Crippen molar-refractivity contribution in [3.8, 4) is 0 Å². The van der Waals surface area contributed by atoms with Gasteiger partial charge in [-0.25, -0.2) is 0 Å². The molecule has 5 nitrogen and oxygen atoms in total. The second-order valence-electron chi connectivity index (χ2n) is 12.6. The first kappa shape index (κ1) is 27.6. The standard InChI is InChI=1S/C30H52O5/c1-21(9-7-6-8-16-31)25-12-13-26-24-11-10-22-17-23(34-19-32-4)18-28(35-20-33-5)30(22,3)27(24)14-15-29(25,26)2/h10,21,23-28,31H,6-9,11-20H2,1-5H3/t21-,23-,24+,25-,26+,27+,28+,29-,30+/m1/s1. The van der Waals surface area contributed by atoms with E-state index in [-0.39, 0.29) is 17.6 Å². The highest BCUT2D eigenvalue weighted by molar-refractivity contribution is 5.28. The minimum Gasteiger partial charge on any atom is -0.396 e. The lowest BCUT2D eigenvalue weighted by Gasteiger charge is -2.60. The molecule has 4 aliphatic rings. The van der Waals surface area contributed by atoms with E-state index in [1.165, 1.54) is 51.4 Å². The van der Waals surface area contributed by atoms with Gasteiger partial charge >= 0.3 is 0 Å². The van der Waals surface area contributed by atoms with Gasteiger partial charge in [-0.15, -0.1) is 0 Å². The predicted octanol–water partition coefficient (Wildman–Crippen LogP) is 6.34. The van der Waals surface area contributed by atoms with Crippen molar-refractivity contribution in [1.82, 2.24) is 0 Å². The molecule has 0 heterocycles. The first-order valence-electron chi connectivity index (χ1n) is 14.4. The van der Waals surface area contributed by atoms with Crippen LogP contribution in [0, 0.1) is 40.4 Å². The van der Waals surface area contributed by atoms with Gasteiger partial charge in [0.25, 0.3) is 0 Å². The Morgan fingerprint density at radius 3 is 2.51 bits per heavy atom. The number of allylic oxidation sites excluding steroid dienone is 1. The summed E-state index contributed by atoms with van der Waals surface area (Å²) in [6, 6.07) is 0. The number of aliphatic hydroxyl groups is 1. The fraction of sp³-hybridized carbons (Fsp3) is 0.933. The van der Waals surface area contributed by atoms with E-state index < -0.39 is 0 Å². The predicted molar refractivity (Wildman–Crippen MR) is 139 cm³/mol. The summed E-state index contributed by atoms with van der Waals surface area (Å²) in [5.41, 5.74) is 2.10. The molecule has 0 aromatic carbocycles. The van der Waals surface area contributed by atoms with Crippen molar-refractivity contribution in [1.29, 1.82) is 0 Å². The van der Waals surface area contributed by atoms with Gasteiger partial charge in [-0.05, 0) is 80.0 Å². The molecule has 35 heavy (non-hydrogen) atoms. The molecule has 0 aliphatic heterocycles. The topological polar surface area (TPSA) is 57.2 Å². The third-order valence-electron chi connectivity index (χ3n) is 11.0. The fourth-order valence-corrected chi connectivity index (χ4v) is 9.27. The van der Waals surface area contributed by atoms with Crippen LogP contribution < -0.4 is 0 Å². The first-order valence-corrected chi connectivity index (χ1v) is 14.4. The quantitative estimate of drug-likeness (QED) is 0.196. The van der Waals surface area contributed by atoms with Crippen LogP contribution in [-0.4, -0.2) is 51.7 Å². The van der Waals surface area contributed by atoms with E-state index in [1.54, 1.807) is 19.8 Å². The third kappa shape index (κ3) is 5.27. The molecule has 1 N–H and O–H groups in total. The monoisotopic (exact) mass is 492 g/mol. The normalized spacial score (nSPS) is 41.6. The summed E-state index contributed by atoms with van der Waals surface area (Å²) in [7, 11) is 3.42. The van der Waals surface area contributed by atoms with Gasteiger partial charge in [-0.2, -0.15) is 0 Å². The SMILES string of the molecule is COCO[C@@H]1CC2=CC[C@H]3[C@@H]4CC[C@H]([C@H](C)CCCCCO)[C@@]4(C)CC[C@@H]3[C@@]2(C)[C@@H](OCOC)C1. The van der Waals surface area contributed by atoms with Crippen molar-refractivity contribution < 1.29 is 24.1 Å². The number of methoxy groups -OCH3 is 2. The smallest absolute Gasteiger partial charge is 0.146 e. The Kier molecular flexibility index (Phi) is 9.41. The Balaban J connectivity index is 1.51. The van der Waals surface area contributed by atoms with E-state index in [9.17, 15) is 0 Å². The van der Waals surface area contributed by atoms with Crippen molar-refractivity contribution in [2.75, 3.05) is 34.4 Å². The maximum absolute atomic E-state index is 9.14. The molecule has 0 spiro atoms. The molecule has 0 aromatic heterocycles. The Labute approximate surface area is 214 Å². The number of hydrogen-bond donors (Lipinski definition) is 1. The summed E-state index contributed by atoms with van der Waals surface area (Å²) in [6.45, 7) is 8.69. The van der Waals surface area contributed by atoms with Gasteiger partial charge < -0.3 is 24.1 Å². The largest absolute Gasteiger partial charge is 0.396 e. The molecule has 0 aromatic rings. The minimum absolute atomic E-state index is 0.0731. The van der Waals surface area contributed by atoms with Crippen LogP contribution >= 0.6 is 0 Å². The lowest BCUT2D eigenvalue weighted by atomic mass is 9.46. The van der Waals surface area contributed by atoms with Crippen molar-refractivity contribution in [3.63, 3.8) is 0 Å². The van der Waals surface area contributed by atoms with Gasteiger partial charge in [0.1, 0.15) is 13.6 Å². The highest BCUT2D eigenvalue weighted by Gasteiger charge is 2.61. The molecule has 0 saturated heterocycles. The molecule has 0 bridgehead atoms. The fourth-order valence-electron chi connectivity index (χ4n) is 9.27. The van der Waals surface area contributed by atoms with Gasteiger partial charge in [0, 0.05) is 32.7 Å². The van der Waals surface area contributed by atoms with Gasteiger partial charge in [0.15, 0.2) is 0 Å². The molecule has 4 rings (SSSR count). The Bertz CT molecular complexity index is 709. The minimum atomic E-state index is 0.0731. The summed E-state index contributed by atoms with van der Waals surface area (Å²) in [5, 5.41) is 9.14. The van der Waals surface area contributed by atoms with E-state index in [0.29, 0.717) is 31.5 Å². The van der Waals surface area contributed by atoms with E-state index in [4.69, 9.17) is 24.1 Å². The zero-order valence-corrected chi connectivity index (χ0v) is 23.1. The van der Waals surface area contributed by atoms with Crippen molar-refractivity contribution in [3.05, 3.63) is 11.6 Å². The van der Waals surface area contributed by atoms with E-state index in [1.807, 2.05) is 0 Å². The lowest BCUT2D eigenvalue weighted by molar-refractivity contribution is -0.179. The molecule has 0 unspecified atom stereocenters. The van der Waals surface area contributed by atoms with Crippen molar-refractivity contribution in [2.24, 2.45) is 40.4 Å². The van der Waals surface area contributed by atoms with Crippen LogP contribution in [0.5, 0.6) is 0 Å². The number of unbranched alkanes of at least 4 members (excludes halogenated alkanes) is 2. The maximum atomic E-state index is 9.14. The van der Waals surface area contributed by atoms with Crippen LogP contribution in [0.4, 0.5) is 0 Å². The molecule has 3 fully saturated rings. The summed E-state index contributed by atoms with van der Waals surface area (Å²) in [6.07, 6.45) is 16.2. The molecule has 4 aliphatic carbocycles. The second kappa shape index (κ2) is 11.9. The number of hydrogen-bond acceptors (Lipinski definition) is 5. The van der Waals surface area contributed by atoms with Crippen molar-refractivity contribution in [2.45, 2.75) is 104 Å². The molecule has 9 atom stereocenters. The van der Waals surface area contributed by atoms with Crippen molar-refractivity contribution >= 4 is 0 Å².